The molecule has 1 saturated heterocycles. The van der Waals surface area contributed by atoms with Crippen molar-refractivity contribution in [1.29, 1.82) is 0 Å². The van der Waals surface area contributed by atoms with Crippen molar-refractivity contribution in [3.63, 3.8) is 0 Å². The standard InChI is InChI=1S/C32H70NO9PSi3/c1-27(2)33(28(3)4)43(36-7)39-30-25-31(34-5)38-32(30,35-6)26-37-46(41-44(8,9)10,42-45(11,12)13)40-29-23-21-19-17-15-14-16-18-20-22-24-29/h27-31H,14-26H2,1-13H3/t30-,31-,32+,43?/m0/s1. The van der Waals surface area contributed by atoms with Crippen LogP contribution < -0.4 is 0 Å². The maximum atomic E-state index is 7.11. The lowest BCUT2D eigenvalue weighted by atomic mass is 10.00. The van der Waals surface area contributed by atoms with Gasteiger partial charge in [-0.1, -0.05) is 57.8 Å². The fourth-order valence-corrected chi connectivity index (χ4v) is 16.2. The molecule has 1 aliphatic carbocycles. The first-order valence-electron chi connectivity index (χ1n) is 17.8. The smallest absolute Gasteiger partial charge is 0.395 e. The third-order valence-electron chi connectivity index (χ3n) is 8.13. The lowest BCUT2D eigenvalue weighted by Crippen LogP contribution is -2.62. The minimum absolute atomic E-state index is 0.00697. The molecule has 14 heteroatoms. The Hall–Kier alpha value is 0.681. The highest BCUT2D eigenvalue weighted by Crippen LogP contribution is 2.50. The van der Waals surface area contributed by atoms with Crippen LogP contribution in [0.15, 0.2) is 0 Å². The van der Waals surface area contributed by atoms with Crippen molar-refractivity contribution in [1.82, 2.24) is 4.67 Å². The van der Waals surface area contributed by atoms with Crippen LogP contribution in [0.2, 0.25) is 39.3 Å². The summed E-state index contributed by atoms with van der Waals surface area (Å²) in [6.07, 6.45) is 12.7. The first kappa shape index (κ1) is 42.8. The lowest BCUT2D eigenvalue weighted by molar-refractivity contribution is -0.288. The van der Waals surface area contributed by atoms with Crippen molar-refractivity contribution < 1.29 is 40.3 Å². The van der Waals surface area contributed by atoms with Gasteiger partial charge in [0, 0.05) is 39.8 Å². The monoisotopic (exact) mass is 727 g/mol. The van der Waals surface area contributed by atoms with Gasteiger partial charge in [0.1, 0.15) is 6.10 Å². The number of hydrogen-bond donors (Lipinski definition) is 0. The number of methoxy groups -OCH3 is 2. The molecule has 2 fully saturated rings. The number of rotatable bonds is 17. The van der Waals surface area contributed by atoms with Gasteiger partial charge < -0.3 is 40.3 Å². The highest BCUT2D eigenvalue weighted by molar-refractivity contribution is 7.44. The van der Waals surface area contributed by atoms with E-state index in [4.69, 9.17) is 40.3 Å². The van der Waals surface area contributed by atoms with Gasteiger partial charge in [0.25, 0.3) is 8.53 Å². The molecule has 0 radical (unpaired) electrons. The molecule has 10 nitrogen and oxygen atoms in total. The van der Waals surface area contributed by atoms with Crippen LogP contribution in [-0.2, 0) is 40.3 Å². The predicted molar refractivity (Wildman–Crippen MR) is 193 cm³/mol. The molecule has 46 heavy (non-hydrogen) atoms. The van der Waals surface area contributed by atoms with E-state index in [0.717, 1.165) is 25.7 Å². The summed E-state index contributed by atoms with van der Waals surface area (Å²) in [7, 11) is -4.58. The second-order valence-corrected chi connectivity index (χ2v) is 28.5. The van der Waals surface area contributed by atoms with Gasteiger partial charge >= 0.3 is 9.05 Å². The molecule has 1 saturated carbocycles. The highest BCUT2D eigenvalue weighted by atomic mass is 31.2. The molecule has 0 aromatic heterocycles. The van der Waals surface area contributed by atoms with Gasteiger partial charge in [0.15, 0.2) is 22.9 Å². The van der Waals surface area contributed by atoms with Crippen LogP contribution in [0, 0.1) is 0 Å². The van der Waals surface area contributed by atoms with Gasteiger partial charge in [-0.05, 0) is 79.8 Å². The largest absolute Gasteiger partial charge is 0.658 e. The van der Waals surface area contributed by atoms with Crippen LogP contribution in [0.1, 0.15) is 105 Å². The SMILES string of the molecule is CO[C@@H]1C[C@H](OP(OC)N(C(C)C)C(C)C)[C@](CO[Si](OC2CCCCCCCCCCC2)(O[Si](C)(C)C)O[Si](C)(C)C)(OC)O1. The molecular formula is C32H70NO9PSi3. The summed E-state index contributed by atoms with van der Waals surface area (Å²) >= 11 is 0. The summed E-state index contributed by atoms with van der Waals surface area (Å²) in [6.45, 7) is 21.6. The van der Waals surface area contributed by atoms with E-state index in [9.17, 15) is 0 Å². The summed E-state index contributed by atoms with van der Waals surface area (Å²) in [5.41, 5.74) is 0. The molecule has 2 rings (SSSR count). The first-order chi connectivity index (χ1) is 21.5. The van der Waals surface area contributed by atoms with Crippen LogP contribution in [0.5, 0.6) is 0 Å². The summed E-state index contributed by atoms with van der Waals surface area (Å²) < 4.78 is 61.2. The van der Waals surface area contributed by atoms with E-state index in [-0.39, 0.29) is 24.8 Å². The highest BCUT2D eigenvalue weighted by Gasteiger charge is 2.59. The minimum atomic E-state index is -3.71. The average Bonchev–Trinajstić information content (AvgIpc) is 3.28. The normalized spacial score (nSPS) is 26.1. The summed E-state index contributed by atoms with van der Waals surface area (Å²) in [5.74, 6) is -1.28. The quantitative estimate of drug-likeness (QED) is 0.107. The van der Waals surface area contributed by atoms with Crippen LogP contribution in [0.25, 0.3) is 0 Å². The van der Waals surface area contributed by atoms with E-state index in [0.29, 0.717) is 6.42 Å². The average molecular weight is 728 g/mol. The van der Waals surface area contributed by atoms with E-state index >= 15 is 0 Å². The van der Waals surface area contributed by atoms with Crippen LogP contribution >= 0.6 is 8.53 Å². The summed E-state index contributed by atoms with van der Waals surface area (Å²) in [6, 6.07) is 0.434. The number of nitrogens with zero attached hydrogens (tertiary/aromatic N) is 1. The second kappa shape index (κ2) is 19.9. The zero-order chi connectivity index (χ0) is 34.6. The molecule has 1 unspecified atom stereocenters. The van der Waals surface area contributed by atoms with Crippen molar-refractivity contribution in [3.8, 4) is 0 Å². The fraction of sp³-hybridized carbons (Fsp3) is 1.00. The summed E-state index contributed by atoms with van der Waals surface area (Å²) in [4.78, 5) is 0. The second-order valence-electron chi connectivity index (χ2n) is 15.3. The number of hydrogen-bond acceptors (Lipinski definition) is 10. The Morgan fingerprint density at radius 3 is 1.63 bits per heavy atom. The van der Waals surface area contributed by atoms with E-state index < -0.39 is 52.4 Å². The molecule has 0 amide bonds. The molecule has 0 spiro atoms. The molecule has 274 valence electrons. The molecular weight excluding hydrogens is 658 g/mol. The topological polar surface area (TPSA) is 86.3 Å². The van der Waals surface area contributed by atoms with Gasteiger partial charge in [-0.3, -0.25) is 0 Å². The fourth-order valence-electron chi connectivity index (χ4n) is 6.16. The lowest BCUT2D eigenvalue weighted by Gasteiger charge is -2.42. The van der Waals surface area contributed by atoms with Gasteiger partial charge in [-0.2, -0.15) is 0 Å². The van der Waals surface area contributed by atoms with Gasteiger partial charge in [0.2, 0.25) is 5.79 Å². The number of ether oxygens (including phenoxy) is 3. The molecule has 2 aliphatic rings. The van der Waals surface area contributed by atoms with Crippen LogP contribution in [-0.4, -0.2) is 94.7 Å². The third kappa shape index (κ3) is 14.5. The van der Waals surface area contributed by atoms with Gasteiger partial charge in [-0.25, -0.2) is 4.67 Å². The van der Waals surface area contributed by atoms with Gasteiger partial charge in [0.05, 0.1) is 12.7 Å². The van der Waals surface area contributed by atoms with E-state index in [1.807, 2.05) is 0 Å². The summed E-state index contributed by atoms with van der Waals surface area (Å²) in [5, 5.41) is 0. The van der Waals surface area contributed by atoms with E-state index in [1.54, 1.807) is 21.3 Å². The van der Waals surface area contributed by atoms with Crippen molar-refractivity contribution in [2.45, 2.75) is 180 Å². The molecule has 1 aliphatic heterocycles. The molecule has 0 aromatic carbocycles. The maximum Gasteiger partial charge on any atom is 0.658 e. The van der Waals surface area contributed by atoms with Crippen LogP contribution in [0.3, 0.4) is 0 Å². The molecule has 4 atom stereocenters. The molecule has 0 bridgehead atoms. The maximum absolute atomic E-state index is 7.11. The first-order valence-corrected chi connectivity index (χ1v) is 27.3. The Balaban J connectivity index is 2.46. The Morgan fingerprint density at radius 2 is 1.24 bits per heavy atom. The Labute approximate surface area is 286 Å². The third-order valence-corrected chi connectivity index (χ3v) is 18.2. The minimum Gasteiger partial charge on any atom is -0.395 e. The molecule has 0 N–H and O–H groups in total. The molecule has 1 heterocycles. The van der Waals surface area contributed by atoms with E-state index in [1.165, 1.54) is 44.9 Å². The molecule has 0 aromatic rings. The zero-order valence-corrected chi connectivity index (χ0v) is 35.5. The van der Waals surface area contributed by atoms with Gasteiger partial charge in [-0.15, -0.1) is 0 Å². The Bertz CT molecular complexity index is 813. The van der Waals surface area contributed by atoms with Crippen molar-refractivity contribution in [2.75, 3.05) is 27.9 Å². The van der Waals surface area contributed by atoms with Crippen LogP contribution in [0.4, 0.5) is 0 Å². The zero-order valence-electron chi connectivity index (χ0n) is 31.6. The Kier molecular flexibility index (Phi) is 18.5. The van der Waals surface area contributed by atoms with Crippen molar-refractivity contribution >= 4 is 34.2 Å². The Morgan fingerprint density at radius 1 is 0.761 bits per heavy atom. The van der Waals surface area contributed by atoms with Crippen molar-refractivity contribution in [2.24, 2.45) is 0 Å². The predicted octanol–water partition coefficient (Wildman–Crippen LogP) is 8.94. The van der Waals surface area contributed by atoms with Crippen molar-refractivity contribution in [3.05, 3.63) is 0 Å². The van der Waals surface area contributed by atoms with E-state index in [2.05, 4.69) is 71.6 Å².